The van der Waals surface area contributed by atoms with Gasteiger partial charge >= 0.3 is 0 Å². The van der Waals surface area contributed by atoms with E-state index in [0.717, 1.165) is 31.8 Å². The van der Waals surface area contributed by atoms with Crippen LogP contribution in [0.3, 0.4) is 0 Å². The molecule has 4 nitrogen and oxygen atoms in total. The van der Waals surface area contributed by atoms with Crippen LogP contribution in [0, 0.1) is 19.7 Å². The molecule has 152 valence electrons. The van der Waals surface area contributed by atoms with Crippen LogP contribution < -0.4 is 4.90 Å². The lowest BCUT2D eigenvalue weighted by molar-refractivity contribution is -0.116. The Morgan fingerprint density at radius 2 is 1.87 bits per heavy atom. The summed E-state index contributed by atoms with van der Waals surface area (Å²) in [4.78, 5) is 24.8. The SMILES string of the molecule is Cc1ccc(C)c2sc(N(Cc3cccnc3)C(=O)CSc3ccc(F)cc3)nc12. The number of aryl methyl sites for hydroxylation is 2. The Balaban J connectivity index is 1.64. The summed E-state index contributed by atoms with van der Waals surface area (Å²) in [5.41, 5.74) is 4.11. The number of thiazole rings is 1. The molecule has 0 radical (unpaired) electrons. The average Bonchev–Trinajstić information content (AvgIpc) is 3.21. The van der Waals surface area contributed by atoms with Crippen LogP contribution in [-0.4, -0.2) is 21.6 Å². The van der Waals surface area contributed by atoms with Crippen molar-refractivity contribution >= 4 is 44.4 Å². The quantitative estimate of drug-likeness (QED) is 0.359. The van der Waals surface area contributed by atoms with Crippen LogP contribution in [0.25, 0.3) is 10.2 Å². The summed E-state index contributed by atoms with van der Waals surface area (Å²) < 4.78 is 14.2. The van der Waals surface area contributed by atoms with Gasteiger partial charge in [-0.05, 0) is 60.9 Å². The zero-order chi connectivity index (χ0) is 21.1. The molecule has 0 aliphatic heterocycles. The van der Waals surface area contributed by atoms with E-state index in [9.17, 15) is 9.18 Å². The molecule has 7 heteroatoms. The van der Waals surface area contributed by atoms with Gasteiger partial charge in [0.05, 0.1) is 22.5 Å². The third-order valence-corrected chi connectivity index (χ3v) is 6.91. The van der Waals surface area contributed by atoms with Crippen molar-refractivity contribution in [2.24, 2.45) is 0 Å². The first-order chi connectivity index (χ1) is 14.5. The number of fused-ring (bicyclic) bond motifs is 1. The number of benzene rings is 2. The van der Waals surface area contributed by atoms with Crippen molar-refractivity contribution < 1.29 is 9.18 Å². The summed E-state index contributed by atoms with van der Waals surface area (Å²) in [6.45, 7) is 4.49. The van der Waals surface area contributed by atoms with Crippen molar-refractivity contribution in [1.82, 2.24) is 9.97 Å². The van der Waals surface area contributed by atoms with Crippen LogP contribution in [-0.2, 0) is 11.3 Å². The van der Waals surface area contributed by atoms with E-state index in [2.05, 4.69) is 24.0 Å². The smallest absolute Gasteiger partial charge is 0.239 e. The third kappa shape index (κ3) is 4.52. The number of halogens is 1. The van der Waals surface area contributed by atoms with Gasteiger partial charge in [0.15, 0.2) is 5.13 Å². The highest BCUT2D eigenvalue weighted by atomic mass is 32.2. The van der Waals surface area contributed by atoms with E-state index in [0.29, 0.717) is 11.7 Å². The van der Waals surface area contributed by atoms with Gasteiger partial charge in [-0.3, -0.25) is 14.7 Å². The van der Waals surface area contributed by atoms with Crippen LogP contribution >= 0.6 is 23.1 Å². The van der Waals surface area contributed by atoms with Crippen LogP contribution in [0.4, 0.5) is 9.52 Å². The van der Waals surface area contributed by atoms with Gasteiger partial charge in [-0.25, -0.2) is 9.37 Å². The summed E-state index contributed by atoms with van der Waals surface area (Å²) >= 11 is 2.92. The van der Waals surface area contributed by atoms with Crippen molar-refractivity contribution in [2.45, 2.75) is 25.3 Å². The molecule has 0 aliphatic carbocycles. The van der Waals surface area contributed by atoms with E-state index in [-0.39, 0.29) is 17.5 Å². The minimum absolute atomic E-state index is 0.0532. The Morgan fingerprint density at radius 1 is 1.10 bits per heavy atom. The predicted octanol–water partition coefficient (Wildman–Crippen LogP) is 5.77. The number of aromatic nitrogens is 2. The molecule has 4 rings (SSSR count). The fourth-order valence-corrected chi connectivity index (χ4v) is 4.96. The maximum atomic E-state index is 13.2. The highest BCUT2D eigenvalue weighted by Gasteiger charge is 2.21. The fraction of sp³-hybridized carbons (Fsp3) is 0.174. The Bertz CT molecular complexity index is 1140. The Labute approximate surface area is 182 Å². The Kier molecular flexibility index (Phi) is 6.11. The van der Waals surface area contributed by atoms with Gasteiger partial charge in [-0.1, -0.05) is 29.5 Å². The first-order valence-corrected chi connectivity index (χ1v) is 11.3. The van der Waals surface area contributed by atoms with Crippen molar-refractivity contribution in [2.75, 3.05) is 10.7 Å². The lowest BCUT2D eigenvalue weighted by atomic mass is 10.1. The number of anilines is 1. The molecule has 4 aromatic rings. The molecule has 0 spiro atoms. The van der Waals surface area contributed by atoms with Crippen LogP contribution in [0.1, 0.15) is 16.7 Å². The lowest BCUT2D eigenvalue weighted by Gasteiger charge is -2.19. The monoisotopic (exact) mass is 437 g/mol. The number of hydrogen-bond acceptors (Lipinski definition) is 5. The van der Waals surface area contributed by atoms with Gasteiger partial charge in [0, 0.05) is 17.3 Å². The number of thioether (sulfide) groups is 1. The van der Waals surface area contributed by atoms with Gasteiger partial charge in [0.2, 0.25) is 5.91 Å². The van der Waals surface area contributed by atoms with E-state index in [1.165, 1.54) is 35.2 Å². The number of amides is 1. The summed E-state index contributed by atoms with van der Waals surface area (Å²) in [6, 6.07) is 14.1. The molecule has 0 fully saturated rings. The minimum Gasteiger partial charge on any atom is -0.283 e. The standard InChI is InChI=1S/C23H20FN3OS2/c1-15-5-6-16(2)22-21(15)26-23(30-22)27(13-17-4-3-11-25-12-17)20(28)14-29-19-9-7-18(24)8-10-19/h3-12H,13-14H2,1-2H3. The molecule has 0 atom stereocenters. The first-order valence-electron chi connectivity index (χ1n) is 9.45. The molecule has 0 saturated heterocycles. The number of pyridine rings is 1. The highest BCUT2D eigenvalue weighted by molar-refractivity contribution is 8.00. The third-order valence-electron chi connectivity index (χ3n) is 4.70. The van der Waals surface area contributed by atoms with Crippen molar-refractivity contribution in [3.05, 3.63) is 83.4 Å². The number of carbonyl (C=O) groups is 1. The molecule has 0 saturated carbocycles. The van der Waals surface area contributed by atoms with Crippen LogP contribution in [0.2, 0.25) is 0 Å². The second-order valence-corrected chi connectivity index (χ2v) is 8.98. The van der Waals surface area contributed by atoms with E-state index < -0.39 is 0 Å². The van der Waals surface area contributed by atoms with Crippen molar-refractivity contribution in [3.63, 3.8) is 0 Å². The zero-order valence-corrected chi connectivity index (χ0v) is 18.3. The Hall–Kier alpha value is -2.77. The summed E-state index contributed by atoms with van der Waals surface area (Å²) in [5, 5.41) is 0.677. The second-order valence-electron chi connectivity index (χ2n) is 6.96. The summed E-state index contributed by atoms with van der Waals surface area (Å²) in [7, 11) is 0. The topological polar surface area (TPSA) is 46.1 Å². The molecule has 0 N–H and O–H groups in total. The molecule has 2 heterocycles. The lowest BCUT2D eigenvalue weighted by Crippen LogP contribution is -2.31. The molecular weight excluding hydrogens is 417 g/mol. The van der Waals surface area contributed by atoms with E-state index >= 15 is 0 Å². The largest absolute Gasteiger partial charge is 0.283 e. The molecule has 0 aliphatic rings. The molecule has 30 heavy (non-hydrogen) atoms. The van der Waals surface area contributed by atoms with Crippen molar-refractivity contribution in [3.8, 4) is 0 Å². The van der Waals surface area contributed by atoms with E-state index in [1.807, 2.05) is 19.1 Å². The van der Waals surface area contributed by atoms with Gasteiger partial charge < -0.3 is 0 Å². The molecule has 2 aromatic heterocycles. The summed E-state index contributed by atoms with van der Waals surface area (Å²) in [5.74, 6) is -0.105. The number of rotatable bonds is 6. The maximum absolute atomic E-state index is 13.2. The highest BCUT2D eigenvalue weighted by Crippen LogP contribution is 2.34. The number of hydrogen-bond donors (Lipinski definition) is 0. The first kappa shape index (κ1) is 20.5. The maximum Gasteiger partial charge on any atom is 0.239 e. The van der Waals surface area contributed by atoms with E-state index in [4.69, 9.17) is 4.98 Å². The fourth-order valence-electron chi connectivity index (χ4n) is 3.05. The predicted molar refractivity (Wildman–Crippen MR) is 122 cm³/mol. The summed E-state index contributed by atoms with van der Waals surface area (Å²) in [6.07, 6.45) is 3.47. The van der Waals surface area contributed by atoms with Gasteiger partial charge in [0.25, 0.3) is 0 Å². The minimum atomic E-state index is -0.288. The van der Waals surface area contributed by atoms with Crippen molar-refractivity contribution in [1.29, 1.82) is 0 Å². The zero-order valence-electron chi connectivity index (χ0n) is 16.6. The van der Waals surface area contributed by atoms with Gasteiger partial charge in [-0.2, -0.15) is 0 Å². The second kappa shape index (κ2) is 8.93. The van der Waals surface area contributed by atoms with Gasteiger partial charge in [-0.15, -0.1) is 11.8 Å². The van der Waals surface area contributed by atoms with E-state index in [1.54, 1.807) is 29.4 Å². The Morgan fingerprint density at radius 3 is 2.57 bits per heavy atom. The number of nitrogens with zero attached hydrogens (tertiary/aromatic N) is 3. The number of carbonyl (C=O) groups excluding carboxylic acids is 1. The molecule has 2 aromatic carbocycles. The molecule has 0 unspecified atom stereocenters. The molecule has 1 amide bonds. The van der Waals surface area contributed by atoms with Gasteiger partial charge in [0.1, 0.15) is 5.82 Å². The average molecular weight is 438 g/mol. The van der Waals surface area contributed by atoms with Crippen LogP contribution in [0.15, 0.2) is 65.8 Å². The molecular formula is C23H20FN3OS2. The molecule has 0 bridgehead atoms. The van der Waals surface area contributed by atoms with Crippen LogP contribution in [0.5, 0.6) is 0 Å². The normalized spacial score (nSPS) is 11.0.